The largest absolute Gasteiger partial charge is 0.465 e. The van der Waals surface area contributed by atoms with Gasteiger partial charge in [0.1, 0.15) is 11.0 Å². The summed E-state index contributed by atoms with van der Waals surface area (Å²) in [7, 11) is -0.521. The Hall–Kier alpha value is -1.57. The molecule has 0 aliphatic rings. The SMILES string of the molecule is COC(=O)c1cc(C(F)(F)F)ccc1NS(=O)C(C)(C)C. The molecule has 0 aliphatic heterocycles. The summed E-state index contributed by atoms with van der Waals surface area (Å²) in [6.45, 7) is 5.08. The highest BCUT2D eigenvalue weighted by atomic mass is 32.2. The monoisotopic (exact) mass is 323 g/mol. The first-order chi connectivity index (χ1) is 9.46. The normalized spacial score (nSPS) is 13.7. The molecule has 1 unspecified atom stereocenters. The molecule has 0 spiro atoms. The van der Waals surface area contributed by atoms with E-state index >= 15 is 0 Å². The summed E-state index contributed by atoms with van der Waals surface area (Å²) in [5.41, 5.74) is -1.26. The fourth-order valence-electron chi connectivity index (χ4n) is 1.34. The first-order valence-electron chi connectivity index (χ1n) is 5.95. The molecule has 1 rings (SSSR count). The Labute approximate surface area is 123 Å². The highest BCUT2D eigenvalue weighted by Crippen LogP contribution is 2.32. The Morgan fingerprint density at radius 2 is 1.81 bits per heavy atom. The molecule has 0 heterocycles. The fraction of sp³-hybridized carbons (Fsp3) is 0.462. The van der Waals surface area contributed by atoms with Crippen molar-refractivity contribution >= 4 is 22.6 Å². The second kappa shape index (κ2) is 6.05. The van der Waals surface area contributed by atoms with Gasteiger partial charge in [-0.2, -0.15) is 13.2 Å². The number of rotatable bonds is 3. The highest BCUT2D eigenvalue weighted by molar-refractivity contribution is 7.87. The molecule has 1 atom stereocenters. The maximum absolute atomic E-state index is 12.7. The van der Waals surface area contributed by atoms with Crippen molar-refractivity contribution in [2.75, 3.05) is 11.8 Å². The lowest BCUT2D eigenvalue weighted by atomic mass is 10.1. The third-order valence-electron chi connectivity index (χ3n) is 2.51. The first kappa shape index (κ1) is 17.5. The number of ether oxygens (including phenoxy) is 1. The second-order valence-corrected chi connectivity index (χ2v) is 7.20. The Morgan fingerprint density at radius 3 is 2.24 bits per heavy atom. The van der Waals surface area contributed by atoms with Gasteiger partial charge in [0, 0.05) is 0 Å². The van der Waals surface area contributed by atoms with Crippen LogP contribution in [0.25, 0.3) is 0 Å². The van der Waals surface area contributed by atoms with E-state index in [9.17, 15) is 22.2 Å². The maximum Gasteiger partial charge on any atom is 0.416 e. The van der Waals surface area contributed by atoms with Gasteiger partial charge < -0.3 is 9.46 Å². The average molecular weight is 323 g/mol. The molecule has 0 radical (unpaired) electrons. The number of methoxy groups -OCH3 is 1. The van der Waals surface area contributed by atoms with Crippen molar-refractivity contribution in [2.24, 2.45) is 0 Å². The lowest BCUT2D eigenvalue weighted by Gasteiger charge is -2.20. The van der Waals surface area contributed by atoms with E-state index in [0.717, 1.165) is 19.2 Å². The third-order valence-corrected chi connectivity index (χ3v) is 4.03. The summed E-state index contributed by atoms with van der Waals surface area (Å²) in [4.78, 5) is 11.6. The van der Waals surface area contributed by atoms with E-state index in [1.807, 2.05) is 0 Å². The molecule has 0 amide bonds. The van der Waals surface area contributed by atoms with E-state index in [2.05, 4.69) is 9.46 Å². The number of hydrogen-bond acceptors (Lipinski definition) is 3. The fourth-order valence-corrected chi connectivity index (χ4v) is 2.03. The summed E-state index contributed by atoms with van der Waals surface area (Å²) in [6.07, 6.45) is -4.58. The van der Waals surface area contributed by atoms with Crippen LogP contribution in [0.4, 0.5) is 18.9 Å². The molecule has 0 saturated carbocycles. The summed E-state index contributed by atoms with van der Waals surface area (Å²) in [6, 6.07) is 2.56. The number of esters is 1. The van der Waals surface area contributed by atoms with Crippen LogP contribution in [0.2, 0.25) is 0 Å². The molecular formula is C13H16F3NO3S. The van der Waals surface area contributed by atoms with Crippen LogP contribution in [0, 0.1) is 0 Å². The van der Waals surface area contributed by atoms with Gasteiger partial charge in [-0.05, 0) is 39.0 Å². The first-order valence-corrected chi connectivity index (χ1v) is 7.10. The van der Waals surface area contributed by atoms with Crippen molar-refractivity contribution < 1.29 is 26.9 Å². The lowest BCUT2D eigenvalue weighted by molar-refractivity contribution is -0.137. The highest BCUT2D eigenvalue weighted by Gasteiger charge is 2.32. The van der Waals surface area contributed by atoms with Crippen LogP contribution >= 0.6 is 0 Å². The molecule has 0 bridgehead atoms. The zero-order valence-electron chi connectivity index (χ0n) is 12.0. The minimum atomic E-state index is -4.58. The Kier molecular flexibility index (Phi) is 5.03. The van der Waals surface area contributed by atoms with Gasteiger partial charge in [-0.15, -0.1) is 0 Å². The number of hydrogen-bond donors (Lipinski definition) is 1. The van der Waals surface area contributed by atoms with Crippen molar-refractivity contribution in [1.29, 1.82) is 0 Å². The van der Waals surface area contributed by atoms with Gasteiger partial charge in [-0.25, -0.2) is 9.00 Å². The Bertz CT molecular complexity index is 565. The van der Waals surface area contributed by atoms with Crippen LogP contribution in [0.5, 0.6) is 0 Å². The summed E-state index contributed by atoms with van der Waals surface area (Å²) in [5.74, 6) is -0.936. The van der Waals surface area contributed by atoms with Gasteiger partial charge in [0.2, 0.25) is 0 Å². The summed E-state index contributed by atoms with van der Waals surface area (Å²) in [5, 5.41) is 0. The zero-order valence-corrected chi connectivity index (χ0v) is 12.8. The molecule has 1 N–H and O–H groups in total. The minimum absolute atomic E-state index is 0.0307. The van der Waals surface area contributed by atoms with E-state index in [-0.39, 0.29) is 11.3 Å². The lowest BCUT2D eigenvalue weighted by Crippen LogP contribution is -2.28. The van der Waals surface area contributed by atoms with Crippen LogP contribution < -0.4 is 4.72 Å². The van der Waals surface area contributed by atoms with Crippen molar-refractivity contribution in [3.8, 4) is 0 Å². The molecule has 118 valence electrons. The van der Waals surface area contributed by atoms with E-state index in [4.69, 9.17) is 0 Å². The van der Waals surface area contributed by atoms with E-state index in [0.29, 0.717) is 6.07 Å². The standard InChI is InChI=1S/C13H16F3NO3S/c1-12(2,3)21(19)17-10-6-5-8(13(14,15)16)7-9(10)11(18)20-4/h5-7,17H,1-4H3. The number of carbonyl (C=O) groups excluding carboxylic acids is 1. The molecule has 8 heteroatoms. The number of alkyl halides is 3. The predicted molar refractivity (Wildman–Crippen MR) is 74.3 cm³/mol. The average Bonchev–Trinajstić information content (AvgIpc) is 2.35. The zero-order chi connectivity index (χ0) is 16.4. The van der Waals surface area contributed by atoms with Crippen LogP contribution in [0.15, 0.2) is 18.2 Å². The van der Waals surface area contributed by atoms with Gasteiger partial charge in [0.15, 0.2) is 0 Å². The van der Waals surface area contributed by atoms with Crippen molar-refractivity contribution in [1.82, 2.24) is 0 Å². The third kappa shape index (κ3) is 4.45. The topological polar surface area (TPSA) is 55.4 Å². The van der Waals surface area contributed by atoms with Crippen LogP contribution in [0.1, 0.15) is 36.7 Å². The van der Waals surface area contributed by atoms with Gasteiger partial charge in [0.25, 0.3) is 0 Å². The van der Waals surface area contributed by atoms with E-state index < -0.39 is 33.4 Å². The van der Waals surface area contributed by atoms with Gasteiger partial charge in [0.05, 0.1) is 28.7 Å². The maximum atomic E-state index is 12.7. The van der Waals surface area contributed by atoms with Gasteiger partial charge >= 0.3 is 12.1 Å². The quantitative estimate of drug-likeness (QED) is 0.868. The molecule has 21 heavy (non-hydrogen) atoms. The minimum Gasteiger partial charge on any atom is -0.465 e. The number of nitrogens with one attached hydrogen (secondary N) is 1. The summed E-state index contributed by atoms with van der Waals surface area (Å²) >= 11 is 0. The van der Waals surface area contributed by atoms with Crippen LogP contribution in [-0.4, -0.2) is 22.0 Å². The van der Waals surface area contributed by atoms with E-state index in [1.54, 1.807) is 20.8 Å². The van der Waals surface area contributed by atoms with Crippen molar-refractivity contribution in [3.63, 3.8) is 0 Å². The molecule has 0 aliphatic carbocycles. The van der Waals surface area contributed by atoms with Gasteiger partial charge in [-0.3, -0.25) is 0 Å². The second-order valence-electron chi connectivity index (χ2n) is 5.23. The molecule has 4 nitrogen and oxygen atoms in total. The Morgan fingerprint density at radius 1 is 1.24 bits per heavy atom. The number of anilines is 1. The van der Waals surface area contributed by atoms with E-state index in [1.165, 1.54) is 0 Å². The number of halogens is 3. The summed E-state index contributed by atoms with van der Waals surface area (Å²) < 4.78 is 56.4. The number of carbonyl (C=O) groups is 1. The van der Waals surface area contributed by atoms with Gasteiger partial charge in [-0.1, -0.05) is 0 Å². The van der Waals surface area contributed by atoms with Crippen LogP contribution in [-0.2, 0) is 21.9 Å². The molecule has 0 saturated heterocycles. The molecule has 1 aromatic rings. The van der Waals surface area contributed by atoms with Crippen LogP contribution in [0.3, 0.4) is 0 Å². The predicted octanol–water partition coefficient (Wildman–Crippen LogP) is 3.37. The Balaban J connectivity index is 3.27. The smallest absolute Gasteiger partial charge is 0.416 e. The molecular weight excluding hydrogens is 307 g/mol. The molecule has 1 aromatic carbocycles. The number of benzene rings is 1. The molecule has 0 aromatic heterocycles. The van der Waals surface area contributed by atoms with Crippen molar-refractivity contribution in [2.45, 2.75) is 31.7 Å². The van der Waals surface area contributed by atoms with Crippen molar-refractivity contribution in [3.05, 3.63) is 29.3 Å². The molecule has 0 fully saturated rings.